The first kappa shape index (κ1) is 15.3. The molecular formula is C17H28N2O. The van der Waals surface area contributed by atoms with Gasteiger partial charge in [-0.05, 0) is 57.2 Å². The van der Waals surface area contributed by atoms with E-state index in [1.54, 1.807) is 0 Å². The van der Waals surface area contributed by atoms with E-state index in [2.05, 4.69) is 49.2 Å². The maximum Gasteiger partial charge on any atom is 0.0447 e. The second kappa shape index (κ2) is 7.09. The number of hydrogen-bond acceptors (Lipinski definition) is 3. The molecule has 0 radical (unpaired) electrons. The lowest BCUT2D eigenvalue weighted by Crippen LogP contribution is -2.32. The Morgan fingerprint density at radius 2 is 2.10 bits per heavy atom. The number of benzene rings is 1. The Kier molecular flexibility index (Phi) is 5.44. The quantitative estimate of drug-likeness (QED) is 0.766. The number of hydrogen-bond donors (Lipinski definition) is 2. The van der Waals surface area contributed by atoms with Gasteiger partial charge in [-0.15, -0.1) is 0 Å². The summed E-state index contributed by atoms with van der Waals surface area (Å²) in [4.78, 5) is 2.38. The van der Waals surface area contributed by atoms with Crippen LogP contribution in [0.5, 0.6) is 0 Å². The van der Waals surface area contributed by atoms with Crippen LogP contribution < -0.4 is 10.2 Å². The van der Waals surface area contributed by atoms with Crippen LogP contribution in [0, 0.1) is 6.92 Å². The van der Waals surface area contributed by atoms with Crippen LogP contribution in [-0.2, 0) is 6.54 Å². The van der Waals surface area contributed by atoms with E-state index in [0.29, 0.717) is 6.04 Å². The Bertz CT molecular complexity index is 427. The molecule has 1 aromatic rings. The maximum atomic E-state index is 9.05. The molecule has 0 aliphatic heterocycles. The average molecular weight is 276 g/mol. The zero-order chi connectivity index (χ0) is 14.5. The molecule has 0 spiro atoms. The summed E-state index contributed by atoms with van der Waals surface area (Å²) >= 11 is 0. The van der Waals surface area contributed by atoms with Gasteiger partial charge in [-0.1, -0.05) is 12.1 Å². The van der Waals surface area contributed by atoms with Crippen LogP contribution in [0.1, 0.15) is 44.2 Å². The molecule has 2 rings (SSSR count). The van der Waals surface area contributed by atoms with Crippen molar-refractivity contribution >= 4 is 5.69 Å². The smallest absolute Gasteiger partial charge is 0.0447 e. The van der Waals surface area contributed by atoms with Crippen molar-refractivity contribution in [2.45, 2.75) is 58.7 Å². The number of nitrogens with one attached hydrogen (secondary N) is 1. The molecule has 1 aromatic carbocycles. The predicted octanol–water partition coefficient (Wildman–Crippen LogP) is 2.84. The summed E-state index contributed by atoms with van der Waals surface area (Å²) in [5.41, 5.74) is 3.99. The van der Waals surface area contributed by atoms with E-state index in [-0.39, 0.29) is 6.61 Å². The SMILES string of the molecule is Cc1cc(CNC2CC2)ccc1N(CCCO)C(C)C. The number of aliphatic hydroxyl groups is 1. The molecule has 3 nitrogen and oxygen atoms in total. The van der Waals surface area contributed by atoms with Gasteiger partial charge in [0.2, 0.25) is 0 Å². The summed E-state index contributed by atoms with van der Waals surface area (Å²) in [6, 6.07) is 7.96. The minimum Gasteiger partial charge on any atom is -0.396 e. The van der Waals surface area contributed by atoms with Crippen molar-refractivity contribution in [3.05, 3.63) is 29.3 Å². The summed E-state index contributed by atoms with van der Waals surface area (Å²) < 4.78 is 0. The van der Waals surface area contributed by atoms with Gasteiger partial charge in [-0.25, -0.2) is 0 Å². The molecule has 1 aliphatic carbocycles. The third kappa shape index (κ3) is 4.22. The van der Waals surface area contributed by atoms with E-state index in [1.807, 2.05) is 0 Å². The Morgan fingerprint density at radius 1 is 1.35 bits per heavy atom. The highest BCUT2D eigenvalue weighted by atomic mass is 16.3. The number of aliphatic hydroxyl groups excluding tert-OH is 1. The minimum absolute atomic E-state index is 0.256. The first-order chi connectivity index (χ1) is 9.61. The first-order valence-corrected chi connectivity index (χ1v) is 7.82. The lowest BCUT2D eigenvalue weighted by atomic mass is 10.1. The molecule has 3 heteroatoms. The molecule has 0 saturated heterocycles. The van der Waals surface area contributed by atoms with Crippen LogP contribution in [0.3, 0.4) is 0 Å². The van der Waals surface area contributed by atoms with Gasteiger partial charge in [0.15, 0.2) is 0 Å². The van der Waals surface area contributed by atoms with E-state index in [9.17, 15) is 0 Å². The molecule has 0 unspecified atom stereocenters. The molecule has 1 saturated carbocycles. The molecule has 0 heterocycles. The molecule has 0 amide bonds. The highest BCUT2D eigenvalue weighted by Crippen LogP contribution is 2.24. The lowest BCUT2D eigenvalue weighted by molar-refractivity contribution is 0.288. The molecule has 20 heavy (non-hydrogen) atoms. The molecule has 112 valence electrons. The number of anilines is 1. The standard InChI is InChI=1S/C17H28N2O/c1-13(2)19(9-4-10-20)17-8-5-15(11-14(17)3)12-18-16-6-7-16/h5,8,11,13,16,18,20H,4,6-7,9-10,12H2,1-3H3. The van der Waals surface area contributed by atoms with Gasteiger partial charge in [0.25, 0.3) is 0 Å². The van der Waals surface area contributed by atoms with E-state index >= 15 is 0 Å². The van der Waals surface area contributed by atoms with Gasteiger partial charge >= 0.3 is 0 Å². The molecular weight excluding hydrogens is 248 g/mol. The van der Waals surface area contributed by atoms with Crippen molar-refractivity contribution in [3.8, 4) is 0 Å². The second-order valence-electron chi connectivity index (χ2n) is 6.14. The summed E-state index contributed by atoms with van der Waals surface area (Å²) in [5.74, 6) is 0. The third-order valence-electron chi connectivity index (χ3n) is 3.92. The van der Waals surface area contributed by atoms with Crippen LogP contribution in [0.4, 0.5) is 5.69 Å². The molecule has 1 fully saturated rings. The van der Waals surface area contributed by atoms with E-state index in [4.69, 9.17) is 5.11 Å². The van der Waals surface area contributed by atoms with Crippen LogP contribution in [-0.4, -0.2) is 30.3 Å². The number of aryl methyl sites for hydroxylation is 1. The minimum atomic E-state index is 0.256. The molecule has 0 atom stereocenters. The molecule has 2 N–H and O–H groups in total. The monoisotopic (exact) mass is 276 g/mol. The van der Waals surface area contributed by atoms with Crippen molar-refractivity contribution in [2.24, 2.45) is 0 Å². The molecule has 0 aromatic heterocycles. The fourth-order valence-electron chi connectivity index (χ4n) is 2.60. The van der Waals surface area contributed by atoms with Crippen LogP contribution in [0.15, 0.2) is 18.2 Å². The van der Waals surface area contributed by atoms with E-state index in [1.165, 1.54) is 29.7 Å². The topological polar surface area (TPSA) is 35.5 Å². The van der Waals surface area contributed by atoms with Crippen molar-refractivity contribution < 1.29 is 5.11 Å². The summed E-state index contributed by atoms with van der Waals surface area (Å²) in [7, 11) is 0. The van der Waals surface area contributed by atoms with Crippen molar-refractivity contribution in [1.29, 1.82) is 0 Å². The Labute approximate surface area is 123 Å². The van der Waals surface area contributed by atoms with Crippen molar-refractivity contribution in [1.82, 2.24) is 5.32 Å². The number of rotatable bonds is 8. The zero-order valence-corrected chi connectivity index (χ0v) is 13.0. The Balaban J connectivity index is 2.04. The number of nitrogens with zero attached hydrogens (tertiary/aromatic N) is 1. The predicted molar refractivity (Wildman–Crippen MR) is 85.2 cm³/mol. The largest absolute Gasteiger partial charge is 0.396 e. The van der Waals surface area contributed by atoms with Crippen LogP contribution >= 0.6 is 0 Å². The fraction of sp³-hybridized carbons (Fsp3) is 0.647. The lowest BCUT2D eigenvalue weighted by Gasteiger charge is -2.30. The van der Waals surface area contributed by atoms with Gasteiger partial charge in [0.1, 0.15) is 0 Å². The second-order valence-corrected chi connectivity index (χ2v) is 6.14. The van der Waals surface area contributed by atoms with E-state index < -0.39 is 0 Å². The van der Waals surface area contributed by atoms with Gasteiger partial charge in [0.05, 0.1) is 0 Å². The zero-order valence-electron chi connectivity index (χ0n) is 13.0. The molecule has 0 bridgehead atoms. The Hall–Kier alpha value is -1.06. The van der Waals surface area contributed by atoms with Crippen molar-refractivity contribution in [3.63, 3.8) is 0 Å². The summed E-state index contributed by atoms with van der Waals surface area (Å²) in [6.45, 7) is 8.74. The van der Waals surface area contributed by atoms with E-state index in [0.717, 1.165) is 25.6 Å². The molecule has 1 aliphatic rings. The van der Waals surface area contributed by atoms with Crippen LogP contribution in [0.2, 0.25) is 0 Å². The van der Waals surface area contributed by atoms with Crippen LogP contribution in [0.25, 0.3) is 0 Å². The van der Waals surface area contributed by atoms with Gasteiger partial charge in [-0.3, -0.25) is 0 Å². The maximum absolute atomic E-state index is 9.05. The van der Waals surface area contributed by atoms with Gasteiger partial charge < -0.3 is 15.3 Å². The normalized spacial score (nSPS) is 14.8. The first-order valence-electron chi connectivity index (χ1n) is 7.82. The highest BCUT2D eigenvalue weighted by molar-refractivity contribution is 5.55. The highest BCUT2D eigenvalue weighted by Gasteiger charge is 2.20. The van der Waals surface area contributed by atoms with Gasteiger partial charge in [-0.2, -0.15) is 0 Å². The third-order valence-corrected chi connectivity index (χ3v) is 3.92. The summed E-state index contributed by atoms with van der Waals surface area (Å²) in [5, 5.41) is 12.6. The van der Waals surface area contributed by atoms with Gasteiger partial charge in [0, 0.05) is 37.5 Å². The Morgan fingerprint density at radius 3 is 2.65 bits per heavy atom. The average Bonchev–Trinajstić information content (AvgIpc) is 3.22. The summed E-state index contributed by atoms with van der Waals surface area (Å²) in [6.07, 6.45) is 3.49. The fourth-order valence-corrected chi connectivity index (χ4v) is 2.60. The van der Waals surface area contributed by atoms with Crippen molar-refractivity contribution in [2.75, 3.05) is 18.1 Å².